The molecule has 1 fully saturated rings. The third-order valence-corrected chi connectivity index (χ3v) is 5.47. The predicted octanol–water partition coefficient (Wildman–Crippen LogP) is 6.04. The Morgan fingerprint density at radius 1 is 1.32 bits per heavy atom. The number of cyclic esters (lactones) is 1. The summed E-state index contributed by atoms with van der Waals surface area (Å²) in [5.74, 6) is 1.03. The first kappa shape index (κ1) is 19.8. The van der Waals surface area contributed by atoms with Gasteiger partial charge in [0, 0.05) is 4.90 Å². The largest absolute Gasteiger partial charge is 0.465 e. The Labute approximate surface area is 156 Å². The van der Waals surface area contributed by atoms with Crippen LogP contribution in [0.3, 0.4) is 0 Å². The van der Waals surface area contributed by atoms with E-state index in [1.165, 1.54) is 5.57 Å². The van der Waals surface area contributed by atoms with Crippen molar-refractivity contribution in [2.45, 2.75) is 56.6 Å². The Morgan fingerprint density at radius 2 is 2.08 bits per heavy atom. The van der Waals surface area contributed by atoms with Crippen LogP contribution in [0.25, 0.3) is 0 Å². The molecule has 1 aromatic carbocycles. The summed E-state index contributed by atoms with van der Waals surface area (Å²) in [5.41, 5.74) is 1.33. The van der Waals surface area contributed by atoms with Crippen LogP contribution in [0, 0.1) is 11.8 Å². The molecule has 0 aromatic heterocycles. The molecular weight excluding hydrogens is 328 g/mol. The molecule has 25 heavy (non-hydrogen) atoms. The molecule has 2 atom stereocenters. The van der Waals surface area contributed by atoms with Crippen molar-refractivity contribution in [1.29, 1.82) is 0 Å². The summed E-state index contributed by atoms with van der Waals surface area (Å²) in [6.45, 7) is 7.14. The number of allylic oxidation sites excluding steroid dienone is 4. The number of thioether (sulfide) groups is 1. The molecule has 0 amide bonds. The van der Waals surface area contributed by atoms with Crippen LogP contribution in [0.1, 0.15) is 46.5 Å². The van der Waals surface area contributed by atoms with Gasteiger partial charge in [0.15, 0.2) is 0 Å². The van der Waals surface area contributed by atoms with Crippen LogP contribution in [0.15, 0.2) is 59.0 Å². The maximum atomic E-state index is 12.0. The first-order chi connectivity index (χ1) is 12.0. The van der Waals surface area contributed by atoms with E-state index in [-0.39, 0.29) is 11.2 Å². The molecule has 1 aliphatic heterocycles. The maximum Gasteiger partial charge on any atom is 0.319 e. The molecule has 1 heterocycles. The second-order valence-corrected chi connectivity index (χ2v) is 8.42. The maximum absolute atomic E-state index is 12.0. The fourth-order valence-corrected chi connectivity index (χ4v) is 4.27. The lowest BCUT2D eigenvalue weighted by Gasteiger charge is -2.27. The van der Waals surface area contributed by atoms with Gasteiger partial charge < -0.3 is 4.74 Å². The normalized spacial score (nSPS) is 21.8. The Kier molecular flexibility index (Phi) is 8.33. The SMILES string of the molecule is CC(/C=C/CCCC1COC(=O)C(Sc2ccccc2)C1)=C\C(C)C. The number of carbonyl (C=O) groups excluding carboxylic acids is 1. The second-order valence-electron chi connectivity index (χ2n) is 7.14. The van der Waals surface area contributed by atoms with Crippen LogP contribution in [0.2, 0.25) is 0 Å². The van der Waals surface area contributed by atoms with E-state index in [9.17, 15) is 4.79 Å². The van der Waals surface area contributed by atoms with Gasteiger partial charge in [-0.3, -0.25) is 4.79 Å². The monoisotopic (exact) mass is 358 g/mol. The summed E-state index contributed by atoms with van der Waals surface area (Å²) in [7, 11) is 0. The smallest absolute Gasteiger partial charge is 0.319 e. The van der Waals surface area contributed by atoms with Gasteiger partial charge in [-0.15, -0.1) is 11.8 Å². The highest BCUT2D eigenvalue weighted by atomic mass is 32.2. The van der Waals surface area contributed by atoms with Crippen molar-refractivity contribution in [3.05, 3.63) is 54.1 Å². The number of esters is 1. The van der Waals surface area contributed by atoms with E-state index in [1.807, 2.05) is 18.2 Å². The van der Waals surface area contributed by atoms with E-state index in [4.69, 9.17) is 4.74 Å². The van der Waals surface area contributed by atoms with Gasteiger partial charge in [-0.05, 0) is 56.6 Å². The fourth-order valence-electron chi connectivity index (χ4n) is 3.10. The quantitative estimate of drug-likeness (QED) is 0.322. The molecule has 1 saturated heterocycles. The molecule has 0 spiro atoms. The van der Waals surface area contributed by atoms with Gasteiger partial charge in [0.1, 0.15) is 5.25 Å². The molecule has 0 aliphatic carbocycles. The summed E-state index contributed by atoms with van der Waals surface area (Å²) in [5, 5.41) is -0.0621. The number of hydrogen-bond acceptors (Lipinski definition) is 3. The van der Waals surface area contributed by atoms with Crippen molar-refractivity contribution in [2.75, 3.05) is 6.61 Å². The van der Waals surface area contributed by atoms with Crippen LogP contribution in [-0.2, 0) is 9.53 Å². The first-order valence-corrected chi connectivity index (χ1v) is 10.2. The Bertz CT molecular complexity index is 589. The van der Waals surface area contributed by atoms with Crippen LogP contribution < -0.4 is 0 Å². The van der Waals surface area contributed by atoms with E-state index in [0.29, 0.717) is 18.4 Å². The van der Waals surface area contributed by atoms with Gasteiger partial charge in [-0.25, -0.2) is 0 Å². The predicted molar refractivity (Wildman–Crippen MR) is 107 cm³/mol. The Morgan fingerprint density at radius 3 is 2.80 bits per heavy atom. The average Bonchev–Trinajstić information content (AvgIpc) is 2.57. The molecule has 1 aliphatic rings. The minimum atomic E-state index is -0.0621. The fraction of sp³-hybridized carbons (Fsp3) is 0.500. The lowest BCUT2D eigenvalue weighted by molar-refractivity contribution is -0.148. The zero-order chi connectivity index (χ0) is 18.1. The van der Waals surface area contributed by atoms with Gasteiger partial charge in [-0.2, -0.15) is 0 Å². The molecule has 0 saturated carbocycles. The summed E-state index contributed by atoms with van der Waals surface area (Å²) in [6, 6.07) is 10.1. The average molecular weight is 359 g/mol. The summed E-state index contributed by atoms with van der Waals surface area (Å²) in [4.78, 5) is 13.2. The van der Waals surface area contributed by atoms with Crippen molar-refractivity contribution in [2.24, 2.45) is 11.8 Å². The number of hydrogen-bond donors (Lipinski definition) is 0. The van der Waals surface area contributed by atoms with E-state index in [2.05, 4.69) is 51.1 Å². The van der Waals surface area contributed by atoms with Crippen molar-refractivity contribution >= 4 is 17.7 Å². The molecule has 0 bridgehead atoms. The van der Waals surface area contributed by atoms with Crippen molar-refractivity contribution < 1.29 is 9.53 Å². The first-order valence-electron chi connectivity index (χ1n) is 9.28. The van der Waals surface area contributed by atoms with Crippen LogP contribution in [0.5, 0.6) is 0 Å². The van der Waals surface area contributed by atoms with Gasteiger partial charge in [-0.1, -0.05) is 55.8 Å². The molecular formula is C22H30O2S. The van der Waals surface area contributed by atoms with E-state index in [0.717, 1.165) is 30.6 Å². The highest BCUT2D eigenvalue weighted by Crippen LogP contribution is 2.33. The third-order valence-electron chi connectivity index (χ3n) is 4.25. The third kappa shape index (κ3) is 7.52. The van der Waals surface area contributed by atoms with E-state index in [1.54, 1.807) is 11.8 Å². The van der Waals surface area contributed by atoms with Crippen molar-refractivity contribution in [3.63, 3.8) is 0 Å². The summed E-state index contributed by atoms with van der Waals surface area (Å²) in [6.07, 6.45) is 11.0. The van der Waals surface area contributed by atoms with E-state index >= 15 is 0 Å². The Hall–Kier alpha value is -1.48. The number of ether oxygens (including phenoxy) is 1. The molecule has 2 nitrogen and oxygen atoms in total. The van der Waals surface area contributed by atoms with Crippen molar-refractivity contribution in [1.82, 2.24) is 0 Å². The zero-order valence-electron chi connectivity index (χ0n) is 15.6. The lowest BCUT2D eigenvalue weighted by Crippen LogP contribution is -2.32. The van der Waals surface area contributed by atoms with Crippen LogP contribution >= 0.6 is 11.8 Å². The van der Waals surface area contributed by atoms with Crippen molar-refractivity contribution in [3.8, 4) is 0 Å². The highest BCUT2D eigenvalue weighted by molar-refractivity contribution is 8.00. The molecule has 1 aromatic rings. The minimum absolute atomic E-state index is 0.0561. The molecule has 2 unspecified atom stereocenters. The molecule has 3 heteroatoms. The molecule has 2 rings (SSSR count). The second kappa shape index (κ2) is 10.5. The lowest BCUT2D eigenvalue weighted by atomic mass is 9.95. The number of rotatable bonds is 8. The van der Waals surface area contributed by atoms with Crippen LogP contribution in [0.4, 0.5) is 0 Å². The molecule has 0 radical (unpaired) electrons. The number of carbonyl (C=O) groups is 1. The molecule has 136 valence electrons. The van der Waals surface area contributed by atoms with Gasteiger partial charge in [0.05, 0.1) is 6.61 Å². The van der Waals surface area contributed by atoms with Crippen LogP contribution in [-0.4, -0.2) is 17.8 Å². The highest BCUT2D eigenvalue weighted by Gasteiger charge is 2.30. The van der Waals surface area contributed by atoms with Gasteiger partial charge in [0.25, 0.3) is 0 Å². The molecule has 0 N–H and O–H groups in total. The standard InChI is InChI=1S/C22H30O2S/c1-17(2)14-18(3)10-6-4-7-11-19-15-21(22(23)24-16-19)25-20-12-8-5-9-13-20/h5-6,8-10,12-14,17,19,21H,4,7,11,15-16H2,1-3H3/b10-6+,18-14+. The number of benzene rings is 1. The Balaban J connectivity index is 1.74. The summed E-state index contributed by atoms with van der Waals surface area (Å²) < 4.78 is 5.43. The van der Waals surface area contributed by atoms with Gasteiger partial charge >= 0.3 is 5.97 Å². The summed E-state index contributed by atoms with van der Waals surface area (Å²) >= 11 is 1.63. The minimum Gasteiger partial charge on any atom is -0.465 e. The number of unbranched alkanes of at least 4 members (excludes halogenated alkanes) is 1. The van der Waals surface area contributed by atoms with Gasteiger partial charge in [0.2, 0.25) is 0 Å². The zero-order valence-corrected chi connectivity index (χ0v) is 16.4. The topological polar surface area (TPSA) is 26.3 Å². The van der Waals surface area contributed by atoms with E-state index < -0.39 is 0 Å².